The van der Waals surface area contributed by atoms with Gasteiger partial charge in [-0.15, -0.1) is 0 Å². The Balaban J connectivity index is 1.15. The number of anilines is 3. The first kappa shape index (κ1) is 29.5. The maximum Gasteiger partial charge on any atom is 0.137 e. The summed E-state index contributed by atoms with van der Waals surface area (Å²) in [7, 11) is 0. The number of benzene rings is 8. The molecule has 1 aromatic heterocycles. The number of fused-ring (bicyclic) bond motifs is 3. The van der Waals surface area contributed by atoms with Crippen LogP contribution < -0.4 is 4.90 Å². The molecule has 8 aromatic carbocycles. The summed E-state index contributed by atoms with van der Waals surface area (Å²) < 4.78 is 6.38. The molecule has 0 saturated carbocycles. The fraction of sp³-hybridized carbons (Fsp3) is 0. The van der Waals surface area contributed by atoms with E-state index in [9.17, 15) is 0 Å². The summed E-state index contributed by atoms with van der Waals surface area (Å²) in [5, 5.41) is 2.24. The normalized spacial score (nSPS) is 11.2. The van der Waals surface area contributed by atoms with Crippen LogP contribution in [0.25, 0.3) is 66.4 Å². The number of rotatable bonds is 7. The quantitative estimate of drug-likeness (QED) is 0.173. The topological polar surface area (TPSA) is 16.4 Å². The largest absolute Gasteiger partial charge is 0.456 e. The smallest absolute Gasteiger partial charge is 0.137 e. The molecule has 0 spiro atoms. The van der Waals surface area contributed by atoms with Gasteiger partial charge in [-0.2, -0.15) is 0 Å². The van der Waals surface area contributed by atoms with Crippen molar-refractivity contribution in [3.05, 3.63) is 200 Å². The van der Waals surface area contributed by atoms with Crippen molar-refractivity contribution in [1.29, 1.82) is 0 Å². The van der Waals surface area contributed by atoms with Gasteiger partial charge in [-0.1, -0.05) is 146 Å². The fourth-order valence-corrected chi connectivity index (χ4v) is 6.94. The third kappa shape index (κ3) is 5.63. The van der Waals surface area contributed by atoms with Gasteiger partial charge in [0.25, 0.3) is 0 Å². The van der Waals surface area contributed by atoms with Gasteiger partial charge in [0.15, 0.2) is 0 Å². The van der Waals surface area contributed by atoms with Crippen LogP contribution in [0.4, 0.5) is 17.1 Å². The molecule has 0 radical (unpaired) electrons. The molecule has 0 unspecified atom stereocenters. The van der Waals surface area contributed by atoms with E-state index in [4.69, 9.17) is 4.42 Å². The molecule has 1 heterocycles. The number of para-hydroxylation sites is 1. The van der Waals surface area contributed by atoms with Crippen molar-refractivity contribution in [2.24, 2.45) is 0 Å². The van der Waals surface area contributed by atoms with Crippen LogP contribution in [0, 0.1) is 0 Å². The zero-order valence-corrected chi connectivity index (χ0v) is 27.4. The van der Waals surface area contributed by atoms with Crippen LogP contribution in [0.3, 0.4) is 0 Å². The van der Waals surface area contributed by atoms with Gasteiger partial charge >= 0.3 is 0 Å². The molecule has 236 valence electrons. The van der Waals surface area contributed by atoms with Crippen molar-refractivity contribution in [3.8, 4) is 44.5 Å². The lowest BCUT2D eigenvalue weighted by atomic mass is 9.98. The van der Waals surface area contributed by atoms with Gasteiger partial charge in [-0.3, -0.25) is 0 Å². The number of furan rings is 1. The lowest BCUT2D eigenvalue weighted by Crippen LogP contribution is -2.10. The Hall–Kier alpha value is -6.64. The highest BCUT2D eigenvalue weighted by molar-refractivity contribution is 6.06. The lowest BCUT2D eigenvalue weighted by Gasteiger charge is -2.26. The molecule has 0 fully saturated rings. The van der Waals surface area contributed by atoms with Crippen LogP contribution in [0.1, 0.15) is 0 Å². The maximum absolute atomic E-state index is 6.38. The van der Waals surface area contributed by atoms with E-state index in [1.807, 2.05) is 12.1 Å². The first-order valence-corrected chi connectivity index (χ1v) is 17.0. The average Bonchev–Trinajstić information content (AvgIpc) is 3.57. The Kier molecular flexibility index (Phi) is 7.53. The van der Waals surface area contributed by atoms with E-state index in [1.54, 1.807) is 0 Å². The molecule has 0 amide bonds. The summed E-state index contributed by atoms with van der Waals surface area (Å²) >= 11 is 0. The Morgan fingerprint density at radius 3 is 1.34 bits per heavy atom. The van der Waals surface area contributed by atoms with E-state index in [0.717, 1.165) is 50.1 Å². The lowest BCUT2D eigenvalue weighted by molar-refractivity contribution is 0.669. The number of hydrogen-bond acceptors (Lipinski definition) is 2. The first-order valence-electron chi connectivity index (χ1n) is 17.0. The van der Waals surface area contributed by atoms with E-state index in [1.165, 1.54) is 33.4 Å². The molecule has 2 heteroatoms. The van der Waals surface area contributed by atoms with Crippen LogP contribution >= 0.6 is 0 Å². The van der Waals surface area contributed by atoms with E-state index in [-0.39, 0.29) is 0 Å². The maximum atomic E-state index is 6.38. The van der Waals surface area contributed by atoms with E-state index in [2.05, 4.69) is 193 Å². The first-order chi connectivity index (χ1) is 24.8. The van der Waals surface area contributed by atoms with Gasteiger partial charge in [0.2, 0.25) is 0 Å². The minimum atomic E-state index is 0.869. The van der Waals surface area contributed by atoms with Crippen molar-refractivity contribution in [1.82, 2.24) is 0 Å². The van der Waals surface area contributed by atoms with Crippen LogP contribution in [0.15, 0.2) is 205 Å². The van der Waals surface area contributed by atoms with E-state index < -0.39 is 0 Å². The van der Waals surface area contributed by atoms with Crippen molar-refractivity contribution < 1.29 is 4.42 Å². The minimum absolute atomic E-state index is 0.869. The summed E-state index contributed by atoms with van der Waals surface area (Å²) in [5.41, 5.74) is 14.4. The summed E-state index contributed by atoms with van der Waals surface area (Å²) in [5.74, 6) is 0. The molecule has 9 aromatic rings. The zero-order valence-electron chi connectivity index (χ0n) is 27.4. The van der Waals surface area contributed by atoms with Crippen molar-refractivity contribution in [2.45, 2.75) is 0 Å². The predicted molar refractivity (Wildman–Crippen MR) is 210 cm³/mol. The van der Waals surface area contributed by atoms with Crippen molar-refractivity contribution in [2.75, 3.05) is 4.90 Å². The van der Waals surface area contributed by atoms with Crippen LogP contribution in [0.2, 0.25) is 0 Å². The van der Waals surface area contributed by atoms with Crippen LogP contribution in [-0.4, -0.2) is 0 Å². The molecule has 0 aliphatic rings. The SMILES string of the molecule is c1ccc(-c2ccc(-c3cccc(N(c4cccc(-c5cccc(-c6ccccc6)c5)c4)c4ccc5c(c4)oc4ccccc45)c3)cc2)cc1. The Morgan fingerprint density at radius 1 is 0.260 bits per heavy atom. The summed E-state index contributed by atoms with van der Waals surface area (Å²) in [6.45, 7) is 0. The average molecular weight is 640 g/mol. The second-order valence-electron chi connectivity index (χ2n) is 12.6. The highest BCUT2D eigenvalue weighted by atomic mass is 16.3. The molecule has 0 N–H and O–H groups in total. The van der Waals surface area contributed by atoms with Crippen molar-refractivity contribution >= 4 is 39.0 Å². The predicted octanol–water partition coefficient (Wildman–Crippen LogP) is 13.7. The van der Waals surface area contributed by atoms with Gasteiger partial charge in [0, 0.05) is 33.9 Å². The Morgan fingerprint density at radius 2 is 0.680 bits per heavy atom. The Labute approximate surface area is 292 Å². The fourth-order valence-electron chi connectivity index (χ4n) is 6.94. The summed E-state index contributed by atoms with van der Waals surface area (Å²) in [4.78, 5) is 2.33. The molecule has 0 atom stereocenters. The van der Waals surface area contributed by atoms with Crippen LogP contribution in [-0.2, 0) is 0 Å². The van der Waals surface area contributed by atoms with Gasteiger partial charge in [0.05, 0.1) is 0 Å². The molecule has 50 heavy (non-hydrogen) atoms. The standard InChI is InChI=1S/C48H33NO/c1-3-12-34(13-4-1)36-24-26-37(27-25-36)40-18-10-20-42(31-40)49(44-28-29-46-45-22-7-8-23-47(45)50-48(46)33-44)43-21-11-19-41(32-43)39-17-9-16-38(30-39)35-14-5-2-6-15-35/h1-33H. The highest BCUT2D eigenvalue weighted by Gasteiger charge is 2.17. The summed E-state index contributed by atoms with van der Waals surface area (Å²) in [6.07, 6.45) is 0. The van der Waals surface area contributed by atoms with Gasteiger partial charge in [-0.05, 0) is 93.0 Å². The molecule has 0 aliphatic carbocycles. The van der Waals surface area contributed by atoms with Gasteiger partial charge in [-0.25, -0.2) is 0 Å². The number of hydrogen-bond donors (Lipinski definition) is 0. The van der Waals surface area contributed by atoms with Crippen molar-refractivity contribution in [3.63, 3.8) is 0 Å². The molecule has 0 aliphatic heterocycles. The molecule has 9 rings (SSSR count). The molecule has 2 nitrogen and oxygen atoms in total. The second-order valence-corrected chi connectivity index (χ2v) is 12.6. The molecular formula is C48H33NO. The third-order valence-electron chi connectivity index (χ3n) is 9.46. The molecule has 0 bridgehead atoms. The third-order valence-corrected chi connectivity index (χ3v) is 9.46. The van der Waals surface area contributed by atoms with Crippen LogP contribution in [0.5, 0.6) is 0 Å². The zero-order chi connectivity index (χ0) is 33.3. The second kappa shape index (κ2) is 12.8. The summed E-state index contributed by atoms with van der Waals surface area (Å²) in [6, 6.07) is 71.1. The highest BCUT2D eigenvalue weighted by Crippen LogP contribution is 2.41. The molecular weight excluding hydrogens is 607 g/mol. The minimum Gasteiger partial charge on any atom is -0.456 e. The van der Waals surface area contributed by atoms with E-state index in [0.29, 0.717) is 0 Å². The van der Waals surface area contributed by atoms with Gasteiger partial charge < -0.3 is 9.32 Å². The van der Waals surface area contributed by atoms with E-state index >= 15 is 0 Å². The molecule has 0 saturated heterocycles. The van der Waals surface area contributed by atoms with Gasteiger partial charge in [0.1, 0.15) is 11.2 Å². The number of nitrogens with zero attached hydrogens (tertiary/aromatic N) is 1. The Bertz CT molecular complexity index is 2580. The monoisotopic (exact) mass is 639 g/mol.